The van der Waals surface area contributed by atoms with Gasteiger partial charge in [0.05, 0.1) is 12.7 Å². The van der Waals surface area contributed by atoms with Crippen LogP contribution in [0.25, 0.3) is 0 Å². The number of hydrogen-bond acceptors (Lipinski definition) is 3. The van der Waals surface area contributed by atoms with Crippen LogP contribution in [-0.2, 0) is 11.2 Å². The Hall–Kier alpha value is -0.380. The molecule has 1 N–H and O–H groups in total. The van der Waals surface area contributed by atoms with Gasteiger partial charge in [-0.2, -0.15) is 0 Å². The summed E-state index contributed by atoms with van der Waals surface area (Å²) in [6, 6.07) is 2.80. The lowest BCUT2D eigenvalue weighted by Gasteiger charge is -2.28. The van der Waals surface area contributed by atoms with Crippen LogP contribution < -0.4 is 5.32 Å². The molecule has 3 heteroatoms. The summed E-state index contributed by atoms with van der Waals surface area (Å²) in [5.74, 6) is 0. The molecule has 1 aromatic rings. The molecule has 3 rings (SSSR count). The Kier molecular flexibility index (Phi) is 2.32. The summed E-state index contributed by atoms with van der Waals surface area (Å²) in [6.07, 6.45) is 3.99. The molecule has 2 aliphatic heterocycles. The molecule has 2 nitrogen and oxygen atoms in total. The highest BCUT2D eigenvalue weighted by Crippen LogP contribution is 2.35. The monoisotopic (exact) mass is 209 g/mol. The molecule has 0 aliphatic carbocycles. The topological polar surface area (TPSA) is 21.3 Å². The van der Waals surface area contributed by atoms with Gasteiger partial charge in [0.2, 0.25) is 0 Å². The summed E-state index contributed by atoms with van der Waals surface area (Å²) in [4.78, 5) is 1.54. The Bertz CT molecular complexity index is 317. The molecule has 3 heterocycles. The van der Waals surface area contributed by atoms with Crippen molar-refractivity contribution in [2.24, 2.45) is 0 Å². The van der Waals surface area contributed by atoms with Crippen molar-refractivity contribution >= 4 is 11.3 Å². The lowest BCUT2D eigenvalue weighted by Crippen LogP contribution is -2.33. The molecule has 1 unspecified atom stereocenters. The van der Waals surface area contributed by atoms with Gasteiger partial charge in [-0.1, -0.05) is 0 Å². The molecule has 0 bridgehead atoms. The van der Waals surface area contributed by atoms with E-state index < -0.39 is 0 Å². The van der Waals surface area contributed by atoms with Gasteiger partial charge in [0.25, 0.3) is 0 Å². The normalized spacial score (nSPS) is 31.7. The van der Waals surface area contributed by atoms with Gasteiger partial charge in [-0.15, -0.1) is 11.3 Å². The zero-order chi connectivity index (χ0) is 9.38. The Morgan fingerprint density at radius 1 is 1.50 bits per heavy atom. The van der Waals surface area contributed by atoms with Crippen LogP contribution in [0.5, 0.6) is 0 Å². The summed E-state index contributed by atoms with van der Waals surface area (Å²) >= 11 is 1.88. The molecule has 1 saturated heterocycles. The molecule has 2 aliphatic rings. The van der Waals surface area contributed by atoms with Crippen molar-refractivity contribution in [3.8, 4) is 0 Å². The molecular weight excluding hydrogens is 194 g/mol. The second-order valence-corrected chi connectivity index (χ2v) is 5.04. The molecule has 0 saturated carbocycles. The fraction of sp³-hybridized carbons (Fsp3) is 0.636. The fourth-order valence-corrected chi connectivity index (χ4v) is 3.38. The molecule has 14 heavy (non-hydrogen) atoms. The largest absolute Gasteiger partial charge is 0.371 e. The number of thiophene rings is 1. The van der Waals surface area contributed by atoms with Crippen molar-refractivity contribution in [1.29, 1.82) is 0 Å². The van der Waals surface area contributed by atoms with Crippen molar-refractivity contribution < 1.29 is 4.74 Å². The first-order valence-electron chi connectivity index (χ1n) is 5.36. The van der Waals surface area contributed by atoms with Crippen molar-refractivity contribution in [3.63, 3.8) is 0 Å². The first kappa shape index (κ1) is 8.89. The highest BCUT2D eigenvalue weighted by molar-refractivity contribution is 7.10. The van der Waals surface area contributed by atoms with E-state index >= 15 is 0 Å². The average Bonchev–Trinajstić information content (AvgIpc) is 2.88. The van der Waals surface area contributed by atoms with Gasteiger partial charge in [0, 0.05) is 17.3 Å². The predicted octanol–water partition coefficient (Wildman–Crippen LogP) is 2.11. The zero-order valence-corrected chi connectivity index (χ0v) is 8.98. The van der Waals surface area contributed by atoms with Gasteiger partial charge in [-0.25, -0.2) is 0 Å². The van der Waals surface area contributed by atoms with Gasteiger partial charge >= 0.3 is 0 Å². The summed E-state index contributed by atoms with van der Waals surface area (Å²) in [5, 5.41) is 5.73. The Labute approximate surface area is 88.3 Å². The van der Waals surface area contributed by atoms with E-state index in [0.717, 1.165) is 19.6 Å². The van der Waals surface area contributed by atoms with Crippen molar-refractivity contribution in [2.75, 3.05) is 13.2 Å². The van der Waals surface area contributed by atoms with Crippen LogP contribution in [0, 0.1) is 0 Å². The molecule has 0 aromatic carbocycles. The van der Waals surface area contributed by atoms with E-state index in [-0.39, 0.29) is 0 Å². The molecule has 1 fully saturated rings. The second-order valence-electron chi connectivity index (χ2n) is 4.04. The maximum atomic E-state index is 5.89. The van der Waals surface area contributed by atoms with E-state index in [0.29, 0.717) is 12.1 Å². The minimum Gasteiger partial charge on any atom is -0.371 e. The highest BCUT2D eigenvalue weighted by Gasteiger charge is 2.31. The summed E-state index contributed by atoms with van der Waals surface area (Å²) in [6.45, 7) is 2.06. The third kappa shape index (κ3) is 1.40. The quantitative estimate of drug-likeness (QED) is 0.765. The standard InChI is InChI=1S/C11H15NOS/c1-2-9(12-5-1)11-8-4-7-14-10(8)3-6-13-11/h4,7,9,11-12H,1-3,5-6H2/t9?,11-/m1/s1. The maximum absolute atomic E-state index is 5.89. The van der Waals surface area contributed by atoms with Crippen molar-refractivity contribution in [3.05, 3.63) is 21.9 Å². The molecule has 76 valence electrons. The number of hydrogen-bond donors (Lipinski definition) is 1. The number of nitrogens with one attached hydrogen (secondary N) is 1. The molecule has 0 amide bonds. The Balaban J connectivity index is 1.88. The lowest BCUT2D eigenvalue weighted by molar-refractivity contribution is 0.0211. The van der Waals surface area contributed by atoms with E-state index in [1.54, 1.807) is 0 Å². The van der Waals surface area contributed by atoms with Crippen molar-refractivity contribution in [2.45, 2.75) is 31.4 Å². The highest BCUT2D eigenvalue weighted by atomic mass is 32.1. The number of fused-ring (bicyclic) bond motifs is 1. The minimum atomic E-state index is 0.326. The minimum absolute atomic E-state index is 0.326. The van der Waals surface area contributed by atoms with Crippen LogP contribution in [0.4, 0.5) is 0 Å². The van der Waals surface area contributed by atoms with E-state index in [2.05, 4.69) is 16.8 Å². The Morgan fingerprint density at radius 2 is 2.50 bits per heavy atom. The van der Waals surface area contributed by atoms with Gasteiger partial charge < -0.3 is 10.1 Å². The number of rotatable bonds is 1. The molecule has 0 radical (unpaired) electrons. The zero-order valence-electron chi connectivity index (χ0n) is 8.16. The van der Waals surface area contributed by atoms with E-state index in [4.69, 9.17) is 4.74 Å². The van der Waals surface area contributed by atoms with Crippen LogP contribution in [0.2, 0.25) is 0 Å². The smallest absolute Gasteiger partial charge is 0.0988 e. The summed E-state index contributed by atoms with van der Waals surface area (Å²) in [5.41, 5.74) is 1.45. The SMILES string of the molecule is c1cc2c(s1)CCO[C@H]2C1CCCN1. The van der Waals surface area contributed by atoms with Crippen molar-refractivity contribution in [1.82, 2.24) is 5.32 Å². The molecule has 1 aromatic heterocycles. The van der Waals surface area contributed by atoms with Crippen LogP contribution in [0.3, 0.4) is 0 Å². The van der Waals surface area contributed by atoms with Crippen LogP contribution in [0.15, 0.2) is 11.4 Å². The average molecular weight is 209 g/mol. The van der Waals surface area contributed by atoms with Crippen LogP contribution >= 0.6 is 11.3 Å². The van der Waals surface area contributed by atoms with Gasteiger partial charge in [0.15, 0.2) is 0 Å². The summed E-state index contributed by atoms with van der Waals surface area (Å²) < 4.78 is 5.89. The third-order valence-electron chi connectivity index (χ3n) is 3.18. The first-order chi connectivity index (χ1) is 6.95. The predicted molar refractivity (Wildman–Crippen MR) is 57.7 cm³/mol. The summed E-state index contributed by atoms with van der Waals surface area (Å²) in [7, 11) is 0. The molecule has 0 spiro atoms. The number of ether oxygens (including phenoxy) is 1. The maximum Gasteiger partial charge on any atom is 0.0988 e. The van der Waals surface area contributed by atoms with E-state index in [1.165, 1.54) is 23.3 Å². The van der Waals surface area contributed by atoms with Crippen LogP contribution in [0.1, 0.15) is 29.4 Å². The molecule has 2 atom stereocenters. The van der Waals surface area contributed by atoms with Crippen LogP contribution in [-0.4, -0.2) is 19.2 Å². The Morgan fingerprint density at radius 3 is 3.36 bits per heavy atom. The van der Waals surface area contributed by atoms with E-state index in [9.17, 15) is 0 Å². The fourth-order valence-electron chi connectivity index (χ4n) is 2.48. The van der Waals surface area contributed by atoms with Gasteiger partial charge in [-0.05, 0) is 36.4 Å². The van der Waals surface area contributed by atoms with E-state index in [1.807, 2.05) is 11.3 Å². The first-order valence-corrected chi connectivity index (χ1v) is 6.24. The molecular formula is C11H15NOS. The lowest BCUT2D eigenvalue weighted by atomic mass is 9.99. The van der Waals surface area contributed by atoms with Gasteiger partial charge in [0.1, 0.15) is 0 Å². The van der Waals surface area contributed by atoms with Gasteiger partial charge in [-0.3, -0.25) is 0 Å². The third-order valence-corrected chi connectivity index (χ3v) is 4.17. The second kappa shape index (κ2) is 3.65.